The summed E-state index contributed by atoms with van der Waals surface area (Å²) in [5, 5.41) is 11.7. The average molecular weight is 436 g/mol. The third kappa shape index (κ3) is 4.97. The van der Waals surface area contributed by atoms with Gasteiger partial charge in [-0.2, -0.15) is 0 Å². The molecule has 0 aliphatic heterocycles. The van der Waals surface area contributed by atoms with E-state index < -0.39 is 0 Å². The summed E-state index contributed by atoms with van der Waals surface area (Å²) in [7, 11) is 0. The smallest absolute Gasteiger partial charge is 0.230 e. The lowest BCUT2D eigenvalue weighted by Gasteiger charge is -2.11. The zero-order valence-corrected chi connectivity index (χ0v) is 17.2. The van der Waals surface area contributed by atoms with Gasteiger partial charge in [0.15, 0.2) is 11.0 Å². The first kappa shape index (κ1) is 20.7. The lowest BCUT2D eigenvalue weighted by Crippen LogP contribution is -2.25. The van der Waals surface area contributed by atoms with Crippen molar-refractivity contribution in [3.8, 4) is 17.1 Å². The molecule has 0 bridgehead atoms. The Morgan fingerprint density at radius 3 is 2.35 bits per heavy atom. The molecule has 0 aliphatic carbocycles. The molecule has 31 heavy (non-hydrogen) atoms. The number of benzene rings is 3. The van der Waals surface area contributed by atoms with Gasteiger partial charge in [-0.15, -0.1) is 10.2 Å². The molecular formula is C23H18F2N4OS. The second-order valence-corrected chi connectivity index (χ2v) is 7.58. The fourth-order valence-electron chi connectivity index (χ4n) is 2.98. The SMILES string of the molecule is O=C(CSc1nnc(-c2ccccc2)n1-c1ccc(F)cc1)NCc1ccccc1F. The van der Waals surface area contributed by atoms with Crippen LogP contribution in [0.15, 0.2) is 84.0 Å². The van der Waals surface area contributed by atoms with Crippen LogP contribution in [-0.4, -0.2) is 26.4 Å². The van der Waals surface area contributed by atoms with E-state index in [-0.39, 0.29) is 29.8 Å². The summed E-state index contributed by atoms with van der Waals surface area (Å²) in [6.45, 7) is 0.103. The number of nitrogens with zero attached hydrogens (tertiary/aromatic N) is 3. The second kappa shape index (κ2) is 9.53. The zero-order valence-electron chi connectivity index (χ0n) is 16.3. The molecule has 8 heteroatoms. The molecule has 3 aromatic carbocycles. The normalized spacial score (nSPS) is 10.8. The van der Waals surface area contributed by atoms with Gasteiger partial charge in [0.05, 0.1) is 5.75 Å². The van der Waals surface area contributed by atoms with Gasteiger partial charge in [0.25, 0.3) is 0 Å². The summed E-state index contributed by atoms with van der Waals surface area (Å²) >= 11 is 1.20. The van der Waals surface area contributed by atoms with E-state index in [0.717, 1.165) is 5.56 Å². The van der Waals surface area contributed by atoms with E-state index in [1.807, 2.05) is 30.3 Å². The lowest BCUT2D eigenvalue weighted by molar-refractivity contribution is -0.118. The van der Waals surface area contributed by atoms with Crippen LogP contribution in [0.4, 0.5) is 8.78 Å². The van der Waals surface area contributed by atoms with Gasteiger partial charge in [0, 0.05) is 23.4 Å². The summed E-state index contributed by atoms with van der Waals surface area (Å²) in [5.74, 6) is -0.314. The van der Waals surface area contributed by atoms with E-state index >= 15 is 0 Å². The molecule has 0 saturated carbocycles. The number of thioether (sulfide) groups is 1. The minimum absolute atomic E-state index is 0.0720. The van der Waals surface area contributed by atoms with Crippen molar-refractivity contribution in [1.29, 1.82) is 0 Å². The number of nitrogens with one attached hydrogen (secondary N) is 1. The minimum atomic E-state index is -0.362. The summed E-state index contributed by atoms with van der Waals surface area (Å²) in [5.41, 5.74) is 1.94. The van der Waals surface area contributed by atoms with Crippen molar-refractivity contribution in [1.82, 2.24) is 20.1 Å². The molecule has 1 heterocycles. The molecule has 0 saturated heterocycles. The molecule has 0 fully saturated rings. The topological polar surface area (TPSA) is 59.8 Å². The number of carbonyl (C=O) groups excluding carboxylic acids is 1. The third-order valence-electron chi connectivity index (χ3n) is 4.52. The Morgan fingerprint density at radius 2 is 1.61 bits per heavy atom. The first-order chi connectivity index (χ1) is 15.1. The van der Waals surface area contributed by atoms with Crippen LogP contribution in [0.2, 0.25) is 0 Å². The molecule has 1 aromatic heterocycles. The standard InChI is InChI=1S/C23H18F2N4OS/c24-18-10-12-19(13-11-18)29-22(16-6-2-1-3-7-16)27-28-23(29)31-15-21(30)26-14-17-8-4-5-9-20(17)25/h1-13H,14-15H2,(H,26,30). The number of aromatic nitrogens is 3. The van der Waals surface area contributed by atoms with Crippen molar-refractivity contribution in [3.63, 3.8) is 0 Å². The first-order valence-electron chi connectivity index (χ1n) is 9.51. The summed E-state index contributed by atoms with van der Waals surface area (Å²) in [4.78, 5) is 12.3. The molecule has 0 spiro atoms. The van der Waals surface area contributed by atoms with Crippen LogP contribution in [0, 0.1) is 11.6 Å². The molecule has 0 radical (unpaired) electrons. The van der Waals surface area contributed by atoms with Crippen molar-refractivity contribution >= 4 is 17.7 Å². The van der Waals surface area contributed by atoms with E-state index in [1.165, 1.54) is 30.0 Å². The highest BCUT2D eigenvalue weighted by atomic mass is 32.2. The van der Waals surface area contributed by atoms with Crippen LogP contribution < -0.4 is 5.32 Å². The van der Waals surface area contributed by atoms with Crippen molar-refractivity contribution < 1.29 is 13.6 Å². The molecular weight excluding hydrogens is 418 g/mol. The van der Waals surface area contributed by atoms with Crippen LogP contribution in [0.3, 0.4) is 0 Å². The minimum Gasteiger partial charge on any atom is -0.351 e. The fraction of sp³-hybridized carbons (Fsp3) is 0.0870. The highest BCUT2D eigenvalue weighted by Crippen LogP contribution is 2.28. The van der Waals surface area contributed by atoms with Gasteiger partial charge in [0.2, 0.25) is 5.91 Å². The van der Waals surface area contributed by atoms with Crippen LogP contribution in [0.25, 0.3) is 17.1 Å². The Bertz CT molecular complexity index is 1180. The van der Waals surface area contributed by atoms with Gasteiger partial charge in [-0.3, -0.25) is 9.36 Å². The number of hydrogen-bond donors (Lipinski definition) is 1. The molecule has 1 N–H and O–H groups in total. The predicted octanol–water partition coefficient (Wildman–Crippen LogP) is 4.62. The fourth-order valence-corrected chi connectivity index (χ4v) is 3.76. The van der Waals surface area contributed by atoms with Gasteiger partial charge in [-0.25, -0.2) is 8.78 Å². The molecule has 0 aliphatic rings. The number of hydrogen-bond acceptors (Lipinski definition) is 4. The predicted molar refractivity (Wildman–Crippen MR) is 116 cm³/mol. The molecule has 4 rings (SSSR count). The van der Waals surface area contributed by atoms with Gasteiger partial charge in [-0.1, -0.05) is 60.3 Å². The largest absolute Gasteiger partial charge is 0.351 e. The lowest BCUT2D eigenvalue weighted by atomic mass is 10.2. The second-order valence-electron chi connectivity index (χ2n) is 6.64. The third-order valence-corrected chi connectivity index (χ3v) is 5.45. The van der Waals surface area contributed by atoms with E-state index in [1.54, 1.807) is 34.9 Å². The van der Waals surface area contributed by atoms with E-state index in [2.05, 4.69) is 15.5 Å². The Hall–Kier alpha value is -3.52. The molecule has 0 unspecified atom stereocenters. The number of amides is 1. The van der Waals surface area contributed by atoms with Gasteiger partial charge in [0.1, 0.15) is 11.6 Å². The maximum Gasteiger partial charge on any atom is 0.230 e. The summed E-state index contributed by atoms with van der Waals surface area (Å²) in [6, 6.07) is 21.8. The quantitative estimate of drug-likeness (QED) is 0.430. The number of rotatable bonds is 7. The number of carbonyl (C=O) groups is 1. The Kier molecular flexibility index (Phi) is 6.37. The Morgan fingerprint density at radius 1 is 0.903 bits per heavy atom. The molecule has 0 atom stereocenters. The van der Waals surface area contributed by atoms with Crippen molar-refractivity contribution in [2.75, 3.05) is 5.75 Å². The van der Waals surface area contributed by atoms with E-state index in [9.17, 15) is 13.6 Å². The van der Waals surface area contributed by atoms with Crippen molar-refractivity contribution in [2.24, 2.45) is 0 Å². The monoisotopic (exact) mass is 436 g/mol. The highest BCUT2D eigenvalue weighted by Gasteiger charge is 2.17. The van der Waals surface area contributed by atoms with Gasteiger partial charge >= 0.3 is 0 Å². The highest BCUT2D eigenvalue weighted by molar-refractivity contribution is 7.99. The van der Waals surface area contributed by atoms with Crippen LogP contribution in [0.1, 0.15) is 5.56 Å². The van der Waals surface area contributed by atoms with Gasteiger partial charge < -0.3 is 5.32 Å². The van der Waals surface area contributed by atoms with Crippen LogP contribution in [0.5, 0.6) is 0 Å². The van der Waals surface area contributed by atoms with Crippen LogP contribution >= 0.6 is 11.8 Å². The molecule has 1 amide bonds. The van der Waals surface area contributed by atoms with Gasteiger partial charge in [-0.05, 0) is 30.3 Å². The molecule has 156 valence electrons. The first-order valence-corrected chi connectivity index (χ1v) is 10.5. The summed E-state index contributed by atoms with van der Waals surface area (Å²) < 4.78 is 28.9. The van der Waals surface area contributed by atoms with E-state index in [0.29, 0.717) is 22.2 Å². The molecule has 4 aromatic rings. The van der Waals surface area contributed by atoms with Crippen molar-refractivity contribution in [3.05, 3.63) is 96.1 Å². The number of halogens is 2. The maximum atomic E-state index is 13.7. The van der Waals surface area contributed by atoms with Crippen molar-refractivity contribution in [2.45, 2.75) is 11.7 Å². The van der Waals surface area contributed by atoms with E-state index in [4.69, 9.17) is 0 Å². The summed E-state index contributed by atoms with van der Waals surface area (Å²) in [6.07, 6.45) is 0. The Labute approximate surface area is 182 Å². The average Bonchev–Trinajstić information content (AvgIpc) is 3.22. The zero-order chi connectivity index (χ0) is 21.6. The maximum absolute atomic E-state index is 13.7. The Balaban J connectivity index is 1.53. The van der Waals surface area contributed by atoms with Crippen LogP contribution in [-0.2, 0) is 11.3 Å². The molecule has 5 nitrogen and oxygen atoms in total.